The van der Waals surface area contributed by atoms with Crippen molar-refractivity contribution >= 4 is 17.9 Å². The van der Waals surface area contributed by atoms with Gasteiger partial charge in [0.1, 0.15) is 18.7 Å². The zero-order valence-corrected chi connectivity index (χ0v) is 11.2. The van der Waals surface area contributed by atoms with Crippen LogP contribution in [0.5, 0.6) is 0 Å². The lowest BCUT2D eigenvalue weighted by atomic mass is 9.96. The molecule has 0 spiro atoms. The van der Waals surface area contributed by atoms with Gasteiger partial charge in [-0.05, 0) is 38.2 Å². The first-order chi connectivity index (χ1) is 8.84. The molecule has 3 amide bonds. The fourth-order valence-electron chi connectivity index (χ4n) is 2.18. The number of hydrogen-bond donors (Lipinski definition) is 1. The van der Waals surface area contributed by atoms with Crippen LogP contribution in [0.25, 0.3) is 0 Å². The normalized spacial score (nSPS) is 26.3. The van der Waals surface area contributed by atoms with Crippen LogP contribution in [-0.4, -0.2) is 41.5 Å². The summed E-state index contributed by atoms with van der Waals surface area (Å²) < 4.78 is 4.89. The molecule has 1 aliphatic carbocycles. The molecule has 1 atom stereocenters. The van der Waals surface area contributed by atoms with Gasteiger partial charge in [0.2, 0.25) is 0 Å². The average molecular weight is 266 g/mol. The Hall–Kier alpha value is -1.85. The van der Waals surface area contributed by atoms with E-state index >= 15 is 0 Å². The van der Waals surface area contributed by atoms with E-state index in [-0.39, 0.29) is 25.0 Å². The Morgan fingerprint density at radius 3 is 2.68 bits per heavy atom. The molecule has 2 rings (SSSR count). The molecule has 0 bridgehead atoms. The van der Waals surface area contributed by atoms with E-state index in [1.54, 1.807) is 13.8 Å². The third kappa shape index (κ3) is 2.62. The molecule has 1 saturated heterocycles. The number of imide groups is 1. The van der Waals surface area contributed by atoms with Crippen LogP contribution in [-0.2, 0) is 14.3 Å². The minimum atomic E-state index is -0.855. The molecular weight excluding hydrogens is 248 g/mol. The molecule has 1 heterocycles. The Morgan fingerprint density at radius 1 is 1.53 bits per heavy atom. The molecule has 19 heavy (non-hydrogen) atoms. The number of nitrogens with one attached hydrogen (secondary N) is 1. The Bertz CT molecular complexity index is 456. The maximum absolute atomic E-state index is 12.2. The Balaban J connectivity index is 1.97. The average Bonchev–Trinajstić information content (AvgIpc) is 3.13. The predicted octanol–water partition coefficient (Wildman–Crippen LogP) is 0.826. The third-order valence-electron chi connectivity index (χ3n) is 3.46. The fraction of sp³-hybridized carbons (Fsp3) is 0.615. The smallest absolute Gasteiger partial charge is 0.326 e. The standard InChI is InChI=1S/C13H18N2O4/c1-8(2)7-19-10(16)6-15-11(17)13(3,9-4-5-9)14-12(15)18/h9H,1,4-7H2,2-3H3,(H,14,18). The van der Waals surface area contributed by atoms with Gasteiger partial charge in [-0.3, -0.25) is 14.5 Å². The van der Waals surface area contributed by atoms with Crippen molar-refractivity contribution in [2.75, 3.05) is 13.2 Å². The van der Waals surface area contributed by atoms with Crippen LogP contribution in [0.15, 0.2) is 12.2 Å². The molecule has 104 valence electrons. The van der Waals surface area contributed by atoms with Gasteiger partial charge in [0.15, 0.2) is 0 Å². The van der Waals surface area contributed by atoms with E-state index in [4.69, 9.17) is 4.74 Å². The van der Waals surface area contributed by atoms with Crippen molar-refractivity contribution in [1.29, 1.82) is 0 Å². The minimum Gasteiger partial charge on any atom is -0.460 e. The molecular formula is C13H18N2O4. The number of hydrogen-bond acceptors (Lipinski definition) is 4. The SMILES string of the molecule is C=C(C)COC(=O)CN1C(=O)NC(C)(C2CC2)C1=O. The number of urea groups is 1. The molecule has 1 aliphatic heterocycles. The van der Waals surface area contributed by atoms with Crippen LogP contribution in [0.3, 0.4) is 0 Å². The maximum Gasteiger partial charge on any atom is 0.326 e. The van der Waals surface area contributed by atoms with Crippen molar-refractivity contribution in [3.05, 3.63) is 12.2 Å². The lowest BCUT2D eigenvalue weighted by Gasteiger charge is -2.20. The number of carbonyl (C=O) groups is 3. The number of rotatable bonds is 5. The molecule has 1 saturated carbocycles. The lowest BCUT2D eigenvalue weighted by molar-refractivity contribution is -0.147. The number of amides is 3. The summed E-state index contributed by atoms with van der Waals surface area (Å²) in [5, 5.41) is 2.67. The van der Waals surface area contributed by atoms with E-state index in [1.165, 1.54) is 0 Å². The summed E-state index contributed by atoms with van der Waals surface area (Å²) in [7, 11) is 0. The van der Waals surface area contributed by atoms with Gasteiger partial charge in [-0.25, -0.2) is 4.79 Å². The Morgan fingerprint density at radius 2 is 2.16 bits per heavy atom. The van der Waals surface area contributed by atoms with Crippen LogP contribution in [0.4, 0.5) is 4.79 Å². The monoisotopic (exact) mass is 266 g/mol. The van der Waals surface area contributed by atoms with Crippen molar-refractivity contribution in [3.8, 4) is 0 Å². The molecule has 6 nitrogen and oxygen atoms in total. The zero-order valence-electron chi connectivity index (χ0n) is 11.2. The van der Waals surface area contributed by atoms with Crippen LogP contribution >= 0.6 is 0 Å². The fourth-order valence-corrected chi connectivity index (χ4v) is 2.18. The Labute approximate surface area is 111 Å². The topological polar surface area (TPSA) is 75.7 Å². The largest absolute Gasteiger partial charge is 0.460 e. The van der Waals surface area contributed by atoms with Crippen molar-refractivity contribution in [1.82, 2.24) is 10.2 Å². The quantitative estimate of drug-likeness (QED) is 0.454. The Kier molecular flexibility index (Phi) is 3.34. The first kappa shape index (κ1) is 13.6. The van der Waals surface area contributed by atoms with Gasteiger partial charge >= 0.3 is 12.0 Å². The summed E-state index contributed by atoms with van der Waals surface area (Å²) in [6.45, 7) is 6.80. The van der Waals surface area contributed by atoms with Crippen molar-refractivity contribution in [2.45, 2.75) is 32.2 Å². The molecule has 2 aliphatic rings. The van der Waals surface area contributed by atoms with Gasteiger partial charge in [0.25, 0.3) is 5.91 Å². The number of nitrogens with zero attached hydrogens (tertiary/aromatic N) is 1. The molecule has 1 unspecified atom stereocenters. The van der Waals surface area contributed by atoms with E-state index in [2.05, 4.69) is 11.9 Å². The van der Waals surface area contributed by atoms with E-state index in [0.29, 0.717) is 5.57 Å². The highest BCUT2D eigenvalue weighted by Crippen LogP contribution is 2.42. The summed E-state index contributed by atoms with van der Waals surface area (Å²) in [6.07, 6.45) is 1.85. The molecule has 1 N–H and O–H groups in total. The summed E-state index contributed by atoms with van der Waals surface area (Å²) in [5.74, 6) is -0.765. The van der Waals surface area contributed by atoms with Crippen LogP contribution in [0.2, 0.25) is 0 Å². The summed E-state index contributed by atoms with van der Waals surface area (Å²) in [6, 6.07) is -0.522. The van der Waals surface area contributed by atoms with E-state index < -0.39 is 17.5 Å². The van der Waals surface area contributed by atoms with Gasteiger partial charge in [0.05, 0.1) is 0 Å². The van der Waals surface area contributed by atoms with Gasteiger partial charge in [0, 0.05) is 0 Å². The summed E-state index contributed by atoms with van der Waals surface area (Å²) in [5.41, 5.74) is -0.153. The predicted molar refractivity (Wildman–Crippen MR) is 67.1 cm³/mol. The molecule has 6 heteroatoms. The molecule has 0 aromatic heterocycles. The van der Waals surface area contributed by atoms with E-state index in [1.807, 2.05) is 0 Å². The second-order valence-electron chi connectivity index (χ2n) is 5.42. The van der Waals surface area contributed by atoms with Gasteiger partial charge in [-0.1, -0.05) is 6.58 Å². The van der Waals surface area contributed by atoms with Gasteiger partial charge in [-0.2, -0.15) is 0 Å². The van der Waals surface area contributed by atoms with Crippen LogP contribution in [0, 0.1) is 5.92 Å². The van der Waals surface area contributed by atoms with Crippen LogP contribution < -0.4 is 5.32 Å². The van der Waals surface area contributed by atoms with Gasteiger partial charge < -0.3 is 10.1 Å². The number of carbonyl (C=O) groups excluding carboxylic acids is 3. The minimum absolute atomic E-state index is 0.0996. The van der Waals surface area contributed by atoms with Crippen molar-refractivity contribution in [2.24, 2.45) is 5.92 Å². The second kappa shape index (κ2) is 4.68. The first-order valence-corrected chi connectivity index (χ1v) is 6.28. The molecule has 0 aromatic rings. The van der Waals surface area contributed by atoms with Crippen molar-refractivity contribution in [3.63, 3.8) is 0 Å². The van der Waals surface area contributed by atoms with Crippen molar-refractivity contribution < 1.29 is 19.1 Å². The van der Waals surface area contributed by atoms with Crippen LogP contribution in [0.1, 0.15) is 26.7 Å². The summed E-state index contributed by atoms with van der Waals surface area (Å²) in [4.78, 5) is 36.5. The number of esters is 1. The molecule has 0 aromatic carbocycles. The lowest BCUT2D eigenvalue weighted by Crippen LogP contribution is -2.46. The summed E-state index contributed by atoms with van der Waals surface area (Å²) >= 11 is 0. The highest BCUT2D eigenvalue weighted by molar-refractivity contribution is 6.08. The molecule has 2 fully saturated rings. The maximum atomic E-state index is 12.2. The van der Waals surface area contributed by atoms with E-state index in [0.717, 1.165) is 17.7 Å². The third-order valence-corrected chi connectivity index (χ3v) is 3.46. The highest BCUT2D eigenvalue weighted by atomic mass is 16.5. The van der Waals surface area contributed by atoms with E-state index in [9.17, 15) is 14.4 Å². The first-order valence-electron chi connectivity index (χ1n) is 6.28. The highest BCUT2D eigenvalue weighted by Gasteiger charge is 2.56. The number of ether oxygens (including phenoxy) is 1. The van der Waals surface area contributed by atoms with Gasteiger partial charge in [-0.15, -0.1) is 0 Å². The zero-order chi connectivity index (χ0) is 14.2. The second-order valence-corrected chi connectivity index (χ2v) is 5.42. The molecule has 0 radical (unpaired) electrons.